The number of thioether (sulfide) groups is 1. The van der Waals surface area contributed by atoms with Crippen molar-refractivity contribution in [1.82, 2.24) is 0 Å². The first-order valence-corrected chi connectivity index (χ1v) is 8.86. The summed E-state index contributed by atoms with van der Waals surface area (Å²) < 4.78 is 0.753. The summed E-state index contributed by atoms with van der Waals surface area (Å²) in [4.78, 5) is 13.3. The summed E-state index contributed by atoms with van der Waals surface area (Å²) in [6.45, 7) is 2.99. The van der Waals surface area contributed by atoms with Gasteiger partial charge in [-0.1, -0.05) is 22.9 Å². The van der Waals surface area contributed by atoms with Crippen LogP contribution in [0, 0.1) is 10.1 Å². The third-order valence-electron chi connectivity index (χ3n) is 3.54. The van der Waals surface area contributed by atoms with Gasteiger partial charge >= 0.3 is 0 Å². The van der Waals surface area contributed by atoms with Gasteiger partial charge in [-0.05, 0) is 42.9 Å². The smallest absolute Gasteiger partial charge is 0.293 e. The van der Waals surface area contributed by atoms with Crippen LogP contribution in [0.5, 0.6) is 0 Å². The van der Waals surface area contributed by atoms with Crippen molar-refractivity contribution in [3.8, 4) is 0 Å². The molecule has 0 bridgehead atoms. The van der Waals surface area contributed by atoms with Crippen molar-refractivity contribution in [3.05, 3.63) is 32.8 Å². The fourth-order valence-corrected chi connectivity index (χ4v) is 4.05. The molecule has 6 heteroatoms. The Hall–Kier alpha value is -0.750. The largest absolute Gasteiger partial charge is 0.363 e. The highest BCUT2D eigenvalue weighted by atomic mass is 79.9. The minimum atomic E-state index is -0.277. The summed E-state index contributed by atoms with van der Waals surface area (Å²) in [7, 11) is 0. The molecule has 1 aromatic carbocycles. The van der Waals surface area contributed by atoms with E-state index in [-0.39, 0.29) is 10.6 Å². The van der Waals surface area contributed by atoms with Gasteiger partial charge in [0.25, 0.3) is 5.69 Å². The lowest BCUT2D eigenvalue weighted by Gasteiger charge is -2.35. The lowest BCUT2D eigenvalue weighted by molar-refractivity contribution is -0.384. The van der Waals surface area contributed by atoms with Crippen LogP contribution in [-0.2, 0) is 0 Å². The molecule has 0 spiro atoms. The maximum Gasteiger partial charge on any atom is 0.293 e. The summed E-state index contributed by atoms with van der Waals surface area (Å²) in [5.74, 6) is 2.30. The molecule has 1 aliphatic heterocycles. The molecule has 20 heavy (non-hydrogen) atoms. The van der Waals surface area contributed by atoms with E-state index in [2.05, 4.69) is 27.8 Å². The van der Waals surface area contributed by atoms with Gasteiger partial charge in [-0.3, -0.25) is 10.1 Å². The molecule has 0 amide bonds. The van der Waals surface area contributed by atoms with E-state index in [1.165, 1.54) is 0 Å². The van der Waals surface area contributed by atoms with E-state index in [0.29, 0.717) is 6.04 Å². The molecule has 0 unspecified atom stereocenters. The molecule has 0 saturated carbocycles. The number of halogens is 1. The molecule has 4 nitrogen and oxygen atoms in total. The first-order chi connectivity index (χ1) is 9.63. The molecular formula is C14H19BrN2O2S. The second-order valence-electron chi connectivity index (χ2n) is 4.93. The van der Waals surface area contributed by atoms with Crippen molar-refractivity contribution in [2.24, 2.45) is 0 Å². The summed E-state index contributed by atoms with van der Waals surface area (Å²) in [6, 6.07) is 5.80. The van der Waals surface area contributed by atoms with E-state index < -0.39 is 0 Å². The summed E-state index contributed by atoms with van der Waals surface area (Å²) in [5.41, 5.74) is 0.961. The normalized spacial score (nSPS) is 16.1. The van der Waals surface area contributed by atoms with E-state index in [4.69, 9.17) is 0 Å². The van der Waals surface area contributed by atoms with Crippen LogP contribution < -0.4 is 4.90 Å². The Balaban J connectivity index is 2.35. The van der Waals surface area contributed by atoms with E-state index in [1.54, 1.807) is 6.07 Å². The molecule has 0 N–H and O–H groups in total. The lowest BCUT2D eigenvalue weighted by Crippen LogP contribution is -2.38. The molecule has 0 atom stereocenters. The fraction of sp³-hybridized carbons (Fsp3) is 0.571. The zero-order chi connectivity index (χ0) is 14.5. The van der Waals surface area contributed by atoms with E-state index in [9.17, 15) is 10.1 Å². The minimum Gasteiger partial charge on any atom is -0.363 e. The predicted molar refractivity (Wildman–Crippen MR) is 88.8 cm³/mol. The third kappa shape index (κ3) is 3.67. The second-order valence-corrected chi connectivity index (χ2v) is 7.07. The van der Waals surface area contributed by atoms with Crippen molar-refractivity contribution in [2.45, 2.75) is 32.2 Å². The summed E-state index contributed by atoms with van der Waals surface area (Å²) in [6.07, 6.45) is 3.21. The Morgan fingerprint density at radius 1 is 1.45 bits per heavy atom. The molecule has 2 rings (SSSR count). The van der Waals surface area contributed by atoms with Crippen LogP contribution in [-0.4, -0.2) is 29.0 Å². The Labute approximate surface area is 132 Å². The standard InChI is InChI=1S/C14H19BrN2O2S/c1-2-7-16(12-5-8-20-9-6-12)13-4-3-11(15)10-14(13)17(18)19/h3-4,10,12H,2,5-9H2,1H3. The fourth-order valence-electron chi connectivity index (χ4n) is 2.62. The number of rotatable bonds is 5. The molecule has 0 aromatic heterocycles. The maximum absolute atomic E-state index is 11.3. The molecule has 110 valence electrons. The van der Waals surface area contributed by atoms with Gasteiger partial charge in [0, 0.05) is 23.1 Å². The zero-order valence-electron chi connectivity index (χ0n) is 11.5. The van der Waals surface area contributed by atoms with Crippen LogP contribution >= 0.6 is 27.7 Å². The molecule has 1 aromatic rings. The van der Waals surface area contributed by atoms with Crippen molar-refractivity contribution < 1.29 is 4.92 Å². The summed E-state index contributed by atoms with van der Waals surface area (Å²) >= 11 is 5.30. The average molecular weight is 359 g/mol. The lowest BCUT2D eigenvalue weighted by atomic mass is 10.1. The van der Waals surface area contributed by atoms with E-state index >= 15 is 0 Å². The van der Waals surface area contributed by atoms with Crippen LogP contribution in [0.3, 0.4) is 0 Å². The zero-order valence-corrected chi connectivity index (χ0v) is 14.0. The molecule has 0 aliphatic carbocycles. The van der Waals surface area contributed by atoms with Gasteiger partial charge in [-0.15, -0.1) is 0 Å². The van der Waals surface area contributed by atoms with E-state index in [0.717, 1.165) is 47.5 Å². The first-order valence-electron chi connectivity index (χ1n) is 6.91. The minimum absolute atomic E-state index is 0.200. The van der Waals surface area contributed by atoms with Crippen molar-refractivity contribution in [1.29, 1.82) is 0 Å². The second kappa shape index (κ2) is 7.31. The highest BCUT2D eigenvalue weighted by molar-refractivity contribution is 9.10. The van der Waals surface area contributed by atoms with Crippen LogP contribution in [0.2, 0.25) is 0 Å². The number of nitrogens with zero attached hydrogens (tertiary/aromatic N) is 2. The van der Waals surface area contributed by atoms with Gasteiger partial charge < -0.3 is 4.90 Å². The first kappa shape index (κ1) is 15.6. The quantitative estimate of drug-likeness (QED) is 0.575. The molecule has 0 radical (unpaired) electrons. The van der Waals surface area contributed by atoms with Crippen LogP contribution in [0.1, 0.15) is 26.2 Å². The van der Waals surface area contributed by atoms with E-state index in [1.807, 2.05) is 23.9 Å². The van der Waals surface area contributed by atoms with Gasteiger partial charge in [0.1, 0.15) is 5.69 Å². The molecule has 1 saturated heterocycles. The number of hydrogen-bond donors (Lipinski definition) is 0. The topological polar surface area (TPSA) is 46.4 Å². The van der Waals surface area contributed by atoms with Crippen molar-refractivity contribution >= 4 is 39.1 Å². The monoisotopic (exact) mass is 358 g/mol. The Kier molecular flexibility index (Phi) is 5.72. The number of nitro benzene ring substituents is 1. The average Bonchev–Trinajstić information content (AvgIpc) is 2.46. The summed E-state index contributed by atoms with van der Waals surface area (Å²) in [5, 5.41) is 11.3. The SMILES string of the molecule is CCCN(c1ccc(Br)cc1[N+](=O)[O-])C1CCSCC1. The molecular weight excluding hydrogens is 340 g/mol. The van der Waals surface area contributed by atoms with Gasteiger partial charge in [-0.2, -0.15) is 11.8 Å². The highest BCUT2D eigenvalue weighted by Crippen LogP contribution is 2.35. The molecule has 1 heterocycles. The maximum atomic E-state index is 11.3. The Bertz CT molecular complexity index is 478. The third-order valence-corrected chi connectivity index (χ3v) is 5.08. The van der Waals surface area contributed by atoms with Crippen LogP contribution in [0.4, 0.5) is 11.4 Å². The van der Waals surface area contributed by atoms with Crippen molar-refractivity contribution in [2.75, 3.05) is 23.0 Å². The number of nitro groups is 1. The molecule has 1 fully saturated rings. The Morgan fingerprint density at radius 3 is 2.75 bits per heavy atom. The van der Waals surface area contributed by atoms with Gasteiger partial charge in [0.15, 0.2) is 0 Å². The Morgan fingerprint density at radius 2 is 2.15 bits per heavy atom. The number of benzene rings is 1. The van der Waals surface area contributed by atoms with Crippen LogP contribution in [0.25, 0.3) is 0 Å². The number of anilines is 1. The van der Waals surface area contributed by atoms with Gasteiger partial charge in [0.05, 0.1) is 4.92 Å². The van der Waals surface area contributed by atoms with Gasteiger partial charge in [0.2, 0.25) is 0 Å². The number of hydrogen-bond acceptors (Lipinski definition) is 4. The van der Waals surface area contributed by atoms with Gasteiger partial charge in [-0.25, -0.2) is 0 Å². The highest BCUT2D eigenvalue weighted by Gasteiger charge is 2.26. The predicted octanol–water partition coefficient (Wildman–Crippen LogP) is 4.47. The van der Waals surface area contributed by atoms with Crippen molar-refractivity contribution in [3.63, 3.8) is 0 Å². The van der Waals surface area contributed by atoms with Crippen LogP contribution in [0.15, 0.2) is 22.7 Å². The molecule has 1 aliphatic rings.